The Kier molecular flexibility index (Phi) is 3.19. The number of aromatic nitrogens is 4. The molecule has 0 aliphatic rings. The van der Waals surface area contributed by atoms with Crippen molar-refractivity contribution in [2.45, 2.75) is 20.4 Å². The molecule has 0 fully saturated rings. The fourth-order valence-electron chi connectivity index (χ4n) is 1.98. The van der Waals surface area contributed by atoms with Gasteiger partial charge in [-0.2, -0.15) is 0 Å². The van der Waals surface area contributed by atoms with Gasteiger partial charge in [0.25, 0.3) is 0 Å². The first kappa shape index (κ1) is 12.7. The van der Waals surface area contributed by atoms with E-state index in [-0.39, 0.29) is 0 Å². The Bertz CT molecular complexity index is 767. The van der Waals surface area contributed by atoms with Gasteiger partial charge in [-0.1, -0.05) is 0 Å². The molecule has 3 heterocycles. The minimum absolute atomic E-state index is 0.465. The topological polar surface area (TPSA) is 89.6 Å². The lowest BCUT2D eigenvalue weighted by Gasteiger charge is -2.08. The fraction of sp³-hybridized carbons (Fsp3) is 0.231. The Morgan fingerprint density at radius 3 is 2.90 bits per heavy atom. The lowest BCUT2D eigenvalue weighted by atomic mass is 10.2. The van der Waals surface area contributed by atoms with Crippen molar-refractivity contribution >= 4 is 33.2 Å². The van der Waals surface area contributed by atoms with E-state index in [4.69, 9.17) is 5.73 Å². The standard InChI is InChI=1S/C13H14N6S/c1-7-6-20-13-11(7)12(17-8(2)18-13)16-5-10-15-4-3-9(14)19-10/h3-4,6H,5H2,1-2H3,(H2,14,15,19)(H,16,17,18). The van der Waals surface area contributed by atoms with E-state index in [9.17, 15) is 0 Å². The molecule has 102 valence electrons. The van der Waals surface area contributed by atoms with E-state index in [1.54, 1.807) is 23.6 Å². The average Bonchev–Trinajstić information content (AvgIpc) is 2.77. The van der Waals surface area contributed by atoms with Crippen molar-refractivity contribution < 1.29 is 0 Å². The van der Waals surface area contributed by atoms with Crippen molar-refractivity contribution in [3.8, 4) is 0 Å². The second-order valence-electron chi connectivity index (χ2n) is 4.47. The molecule has 0 bridgehead atoms. The van der Waals surface area contributed by atoms with Crippen molar-refractivity contribution in [3.63, 3.8) is 0 Å². The maximum Gasteiger partial charge on any atom is 0.149 e. The predicted molar refractivity (Wildman–Crippen MR) is 80.7 cm³/mol. The van der Waals surface area contributed by atoms with Gasteiger partial charge in [0.15, 0.2) is 0 Å². The monoisotopic (exact) mass is 286 g/mol. The highest BCUT2D eigenvalue weighted by Crippen LogP contribution is 2.29. The van der Waals surface area contributed by atoms with Crippen LogP contribution in [0.4, 0.5) is 11.6 Å². The summed E-state index contributed by atoms with van der Waals surface area (Å²) >= 11 is 1.62. The van der Waals surface area contributed by atoms with Crippen LogP contribution in [0.1, 0.15) is 17.2 Å². The number of aryl methyl sites for hydroxylation is 2. The summed E-state index contributed by atoms with van der Waals surface area (Å²) in [5, 5.41) is 6.42. The van der Waals surface area contributed by atoms with E-state index in [0.717, 1.165) is 21.9 Å². The van der Waals surface area contributed by atoms with Crippen molar-refractivity contribution in [2.75, 3.05) is 11.1 Å². The van der Waals surface area contributed by atoms with Gasteiger partial charge in [-0.25, -0.2) is 19.9 Å². The van der Waals surface area contributed by atoms with Gasteiger partial charge in [0.2, 0.25) is 0 Å². The van der Waals surface area contributed by atoms with Gasteiger partial charge >= 0.3 is 0 Å². The third-order valence-electron chi connectivity index (χ3n) is 2.87. The van der Waals surface area contributed by atoms with Gasteiger partial charge in [-0.3, -0.25) is 0 Å². The Labute approximate surface area is 120 Å². The molecule has 3 aromatic rings. The summed E-state index contributed by atoms with van der Waals surface area (Å²) in [6.45, 7) is 4.42. The van der Waals surface area contributed by atoms with E-state index in [1.807, 2.05) is 6.92 Å². The molecule has 0 aliphatic heterocycles. The van der Waals surface area contributed by atoms with E-state index in [0.29, 0.717) is 18.2 Å². The molecular formula is C13H14N6S. The average molecular weight is 286 g/mol. The molecular weight excluding hydrogens is 272 g/mol. The van der Waals surface area contributed by atoms with Gasteiger partial charge in [0, 0.05) is 6.20 Å². The quantitative estimate of drug-likeness (QED) is 0.768. The molecule has 0 radical (unpaired) electrons. The maximum atomic E-state index is 5.65. The van der Waals surface area contributed by atoms with Crippen molar-refractivity contribution in [1.82, 2.24) is 19.9 Å². The second kappa shape index (κ2) is 5.01. The second-order valence-corrected chi connectivity index (χ2v) is 5.33. The highest BCUT2D eigenvalue weighted by atomic mass is 32.1. The number of nitrogens with zero attached hydrogens (tertiary/aromatic N) is 4. The van der Waals surface area contributed by atoms with Crippen LogP contribution in [-0.2, 0) is 6.54 Å². The fourth-order valence-corrected chi connectivity index (χ4v) is 2.95. The van der Waals surface area contributed by atoms with Crippen LogP contribution in [-0.4, -0.2) is 19.9 Å². The van der Waals surface area contributed by atoms with E-state index in [2.05, 4.69) is 37.6 Å². The molecule has 3 aromatic heterocycles. The Morgan fingerprint density at radius 1 is 1.25 bits per heavy atom. The Hall–Kier alpha value is -2.28. The maximum absolute atomic E-state index is 5.65. The lowest BCUT2D eigenvalue weighted by Crippen LogP contribution is -2.08. The first-order valence-corrected chi connectivity index (χ1v) is 7.05. The smallest absolute Gasteiger partial charge is 0.149 e. The van der Waals surface area contributed by atoms with Crippen LogP contribution in [0.2, 0.25) is 0 Å². The van der Waals surface area contributed by atoms with Crippen molar-refractivity contribution in [1.29, 1.82) is 0 Å². The van der Waals surface area contributed by atoms with Crippen LogP contribution in [0.3, 0.4) is 0 Å². The van der Waals surface area contributed by atoms with Gasteiger partial charge in [0.1, 0.15) is 28.1 Å². The molecule has 0 amide bonds. The van der Waals surface area contributed by atoms with Crippen LogP contribution in [0.25, 0.3) is 10.2 Å². The SMILES string of the molecule is Cc1nc(NCc2nccc(N)n2)c2c(C)csc2n1. The molecule has 3 rings (SSSR count). The van der Waals surface area contributed by atoms with Crippen LogP contribution in [0, 0.1) is 13.8 Å². The van der Waals surface area contributed by atoms with Crippen LogP contribution >= 0.6 is 11.3 Å². The van der Waals surface area contributed by atoms with Gasteiger partial charge in [-0.15, -0.1) is 11.3 Å². The zero-order chi connectivity index (χ0) is 14.1. The van der Waals surface area contributed by atoms with Gasteiger partial charge < -0.3 is 11.1 Å². The minimum Gasteiger partial charge on any atom is -0.384 e. The third kappa shape index (κ3) is 2.39. The number of nitrogen functional groups attached to an aromatic ring is 1. The molecule has 0 aromatic carbocycles. The number of rotatable bonds is 3. The molecule has 3 N–H and O–H groups in total. The number of fused-ring (bicyclic) bond motifs is 1. The van der Waals surface area contributed by atoms with Crippen molar-refractivity contribution in [3.05, 3.63) is 34.9 Å². The predicted octanol–water partition coefficient (Wildman–Crippen LogP) is 2.29. The summed E-state index contributed by atoms with van der Waals surface area (Å²) in [5.41, 5.74) is 6.81. The first-order valence-electron chi connectivity index (χ1n) is 6.17. The molecule has 0 atom stereocenters. The zero-order valence-electron chi connectivity index (χ0n) is 11.2. The summed E-state index contributed by atoms with van der Waals surface area (Å²) in [6.07, 6.45) is 1.65. The highest BCUT2D eigenvalue weighted by Gasteiger charge is 2.10. The number of anilines is 2. The van der Waals surface area contributed by atoms with Crippen molar-refractivity contribution in [2.24, 2.45) is 0 Å². The van der Waals surface area contributed by atoms with E-state index < -0.39 is 0 Å². The van der Waals surface area contributed by atoms with E-state index in [1.165, 1.54) is 5.56 Å². The molecule has 7 heteroatoms. The zero-order valence-corrected chi connectivity index (χ0v) is 12.0. The van der Waals surface area contributed by atoms with Gasteiger partial charge in [0.05, 0.1) is 11.9 Å². The molecule has 0 spiro atoms. The van der Waals surface area contributed by atoms with E-state index >= 15 is 0 Å². The first-order chi connectivity index (χ1) is 9.63. The van der Waals surface area contributed by atoms with Crippen LogP contribution in [0.5, 0.6) is 0 Å². The summed E-state index contributed by atoms with van der Waals surface area (Å²) in [5.74, 6) is 2.67. The Morgan fingerprint density at radius 2 is 2.10 bits per heavy atom. The molecule has 6 nitrogen and oxygen atoms in total. The minimum atomic E-state index is 0.465. The normalized spacial score (nSPS) is 10.9. The molecule has 0 unspecified atom stereocenters. The lowest BCUT2D eigenvalue weighted by molar-refractivity contribution is 0.942. The van der Waals surface area contributed by atoms with Crippen LogP contribution in [0.15, 0.2) is 17.6 Å². The highest BCUT2D eigenvalue weighted by molar-refractivity contribution is 7.17. The summed E-state index contributed by atoms with van der Waals surface area (Å²) in [7, 11) is 0. The van der Waals surface area contributed by atoms with Crippen LogP contribution < -0.4 is 11.1 Å². The summed E-state index contributed by atoms with van der Waals surface area (Å²) in [6, 6.07) is 1.67. The third-order valence-corrected chi connectivity index (χ3v) is 3.86. The molecule has 0 saturated heterocycles. The van der Waals surface area contributed by atoms with Gasteiger partial charge in [-0.05, 0) is 30.9 Å². The largest absolute Gasteiger partial charge is 0.384 e. The number of nitrogens with two attached hydrogens (primary N) is 1. The molecule has 0 aliphatic carbocycles. The number of thiophene rings is 1. The molecule has 20 heavy (non-hydrogen) atoms. The number of hydrogen-bond donors (Lipinski definition) is 2. The molecule has 0 saturated carbocycles. The summed E-state index contributed by atoms with van der Waals surface area (Å²) in [4.78, 5) is 18.2. The summed E-state index contributed by atoms with van der Waals surface area (Å²) < 4.78 is 0. The Balaban J connectivity index is 1.92. The number of hydrogen-bond acceptors (Lipinski definition) is 7. The number of nitrogens with one attached hydrogen (secondary N) is 1.